The summed E-state index contributed by atoms with van der Waals surface area (Å²) in [5, 5.41) is 17.3. The van der Waals surface area contributed by atoms with Gasteiger partial charge in [-0.05, 0) is 19.1 Å². The van der Waals surface area contributed by atoms with Crippen LogP contribution >= 0.6 is 0 Å². The van der Waals surface area contributed by atoms with E-state index >= 15 is 0 Å². The number of rotatable bonds is 7. The molecule has 0 saturated carbocycles. The topological polar surface area (TPSA) is 129 Å². The fraction of sp³-hybridized carbons (Fsp3) is 0.407. The zero-order valence-electron chi connectivity index (χ0n) is 22.5. The molecule has 1 aromatic carbocycles. The lowest BCUT2D eigenvalue weighted by Crippen LogP contribution is -2.46. The third-order valence-electron chi connectivity index (χ3n) is 7.35. The number of nitrogens with two attached hydrogens (primary N) is 1. The highest BCUT2D eigenvalue weighted by Crippen LogP contribution is 2.27. The number of carbonyl (C=O) groups excluding carboxylic acids is 1. The lowest BCUT2D eigenvalue weighted by atomic mass is 10.2. The van der Waals surface area contributed by atoms with Crippen LogP contribution in [-0.4, -0.2) is 94.1 Å². The molecule has 2 fully saturated rings. The average molecular weight is 554 g/mol. The minimum Gasteiger partial charge on any atom is -0.391 e. The van der Waals surface area contributed by atoms with E-state index in [0.29, 0.717) is 36.8 Å². The molecule has 0 aliphatic carbocycles. The number of nitrogens with zero attached hydrogens (tertiary/aromatic N) is 7. The highest BCUT2D eigenvalue weighted by atomic mass is 19.1. The molecule has 2 atom stereocenters. The SMILES string of the molecule is CNC(=O)[C@@H]1C[C@H](O)CN1c1cc(-n2ncc(/C=C/CN3CCN(c4cc(F)cc(F)c4)CC3)c2C)nc(N)n1. The van der Waals surface area contributed by atoms with Gasteiger partial charge in [0.25, 0.3) is 0 Å². The van der Waals surface area contributed by atoms with E-state index in [0.717, 1.165) is 37.0 Å². The van der Waals surface area contributed by atoms with Gasteiger partial charge in [0.2, 0.25) is 11.9 Å². The maximum atomic E-state index is 13.6. The zero-order valence-corrected chi connectivity index (χ0v) is 22.5. The number of hydrogen-bond acceptors (Lipinski definition) is 9. The summed E-state index contributed by atoms with van der Waals surface area (Å²) in [5.74, 6) is -0.402. The third kappa shape index (κ3) is 5.89. The van der Waals surface area contributed by atoms with Crippen molar-refractivity contribution in [2.45, 2.75) is 25.5 Å². The second-order valence-electron chi connectivity index (χ2n) is 10.0. The smallest absolute Gasteiger partial charge is 0.242 e. The minimum absolute atomic E-state index is 0.0386. The van der Waals surface area contributed by atoms with Gasteiger partial charge < -0.3 is 26.0 Å². The number of amides is 1. The number of likely N-dealkylation sites (N-methyl/N-ethyl adjacent to an activating group) is 1. The first kappa shape index (κ1) is 27.5. The van der Waals surface area contributed by atoms with Gasteiger partial charge in [-0.15, -0.1) is 0 Å². The number of nitrogen functional groups attached to an aromatic ring is 1. The van der Waals surface area contributed by atoms with Gasteiger partial charge in [0, 0.05) is 76.1 Å². The monoisotopic (exact) mass is 553 g/mol. The molecule has 13 heteroatoms. The third-order valence-corrected chi connectivity index (χ3v) is 7.35. The molecule has 3 aromatic rings. The zero-order chi connectivity index (χ0) is 28.4. The largest absolute Gasteiger partial charge is 0.391 e. The number of nitrogens with one attached hydrogen (secondary N) is 1. The molecule has 0 spiro atoms. The van der Waals surface area contributed by atoms with Crippen LogP contribution in [0.2, 0.25) is 0 Å². The fourth-order valence-electron chi connectivity index (χ4n) is 5.23. The predicted molar refractivity (Wildman–Crippen MR) is 148 cm³/mol. The second kappa shape index (κ2) is 11.6. The standard InChI is InChI=1S/C27H33F2N9O2/c1-17-18(4-3-5-35-6-8-36(9-7-35)21-11-19(28)10-20(29)12-21)15-32-38(17)25-14-24(33-27(30)34-25)37-16-22(39)13-23(37)26(40)31-2/h3-4,10-12,14-15,22-23,39H,5-9,13,16H2,1-2H3,(H,31,40)(H2,30,33,34)/b4-3+/t22-,23-/m0/s1. The molecule has 1 amide bonds. The van der Waals surface area contributed by atoms with E-state index in [9.17, 15) is 18.7 Å². The minimum atomic E-state index is -0.655. The number of aromatic nitrogens is 4. The average Bonchev–Trinajstić information content (AvgIpc) is 3.50. The van der Waals surface area contributed by atoms with Crippen molar-refractivity contribution in [3.8, 4) is 5.82 Å². The molecule has 11 nitrogen and oxygen atoms in total. The van der Waals surface area contributed by atoms with Crippen LogP contribution in [0.4, 0.5) is 26.2 Å². The molecule has 40 heavy (non-hydrogen) atoms. The Balaban J connectivity index is 1.24. The van der Waals surface area contributed by atoms with Gasteiger partial charge in [0.15, 0.2) is 5.82 Å². The van der Waals surface area contributed by atoms with Crippen LogP contribution in [0.1, 0.15) is 17.7 Å². The number of β-amino-alcohol motifs (C(OH)–C–C–N with tert-alkyl or cyclic N) is 1. The first-order valence-electron chi connectivity index (χ1n) is 13.2. The lowest BCUT2D eigenvalue weighted by molar-refractivity contribution is -0.121. The van der Waals surface area contributed by atoms with Crippen LogP contribution < -0.4 is 20.9 Å². The van der Waals surface area contributed by atoms with Crippen LogP contribution in [0.25, 0.3) is 11.9 Å². The van der Waals surface area contributed by atoms with Gasteiger partial charge in [-0.25, -0.2) is 13.5 Å². The van der Waals surface area contributed by atoms with Crippen LogP contribution in [0.15, 0.2) is 36.5 Å². The van der Waals surface area contributed by atoms with E-state index < -0.39 is 23.8 Å². The number of anilines is 3. The number of aliphatic hydroxyl groups excluding tert-OH is 1. The van der Waals surface area contributed by atoms with Gasteiger partial charge in [-0.3, -0.25) is 9.69 Å². The van der Waals surface area contributed by atoms with Gasteiger partial charge in [0.05, 0.1) is 18.0 Å². The summed E-state index contributed by atoms with van der Waals surface area (Å²) in [4.78, 5) is 27.0. The summed E-state index contributed by atoms with van der Waals surface area (Å²) in [5.41, 5.74) is 8.34. The van der Waals surface area contributed by atoms with E-state index in [2.05, 4.69) is 31.4 Å². The second-order valence-corrected chi connectivity index (χ2v) is 10.0. The summed E-state index contributed by atoms with van der Waals surface area (Å²) in [7, 11) is 1.56. The summed E-state index contributed by atoms with van der Waals surface area (Å²) in [6.07, 6.45) is 5.44. The van der Waals surface area contributed by atoms with Crippen LogP contribution in [0.5, 0.6) is 0 Å². The van der Waals surface area contributed by atoms with E-state index in [1.165, 1.54) is 12.1 Å². The molecule has 4 heterocycles. The molecule has 2 aromatic heterocycles. The van der Waals surface area contributed by atoms with Crippen LogP contribution in [-0.2, 0) is 4.79 Å². The van der Waals surface area contributed by atoms with E-state index in [-0.39, 0.29) is 18.4 Å². The van der Waals surface area contributed by atoms with Gasteiger partial charge in [-0.1, -0.05) is 12.2 Å². The van der Waals surface area contributed by atoms with Crippen molar-refractivity contribution < 1.29 is 18.7 Å². The number of aliphatic hydroxyl groups is 1. The molecule has 2 saturated heterocycles. The van der Waals surface area contributed by atoms with Crippen molar-refractivity contribution in [2.75, 3.05) is 61.8 Å². The van der Waals surface area contributed by atoms with Crippen molar-refractivity contribution in [1.82, 2.24) is 30.0 Å². The Kier molecular flexibility index (Phi) is 7.94. The summed E-state index contributed by atoms with van der Waals surface area (Å²) in [6, 6.07) is 4.76. The van der Waals surface area contributed by atoms with Crippen molar-refractivity contribution in [2.24, 2.45) is 0 Å². The van der Waals surface area contributed by atoms with Crippen molar-refractivity contribution in [1.29, 1.82) is 0 Å². The van der Waals surface area contributed by atoms with Crippen molar-refractivity contribution >= 4 is 29.4 Å². The first-order valence-corrected chi connectivity index (χ1v) is 13.2. The Labute approximate surface area is 230 Å². The van der Waals surface area contributed by atoms with Gasteiger partial charge in [-0.2, -0.15) is 15.1 Å². The fourth-order valence-corrected chi connectivity index (χ4v) is 5.23. The summed E-state index contributed by atoms with van der Waals surface area (Å²) >= 11 is 0. The number of benzene rings is 1. The number of hydrogen-bond donors (Lipinski definition) is 3. The van der Waals surface area contributed by atoms with Crippen LogP contribution in [0.3, 0.4) is 0 Å². The maximum Gasteiger partial charge on any atom is 0.242 e. The van der Waals surface area contributed by atoms with Crippen molar-refractivity contribution in [3.05, 3.63) is 59.4 Å². The molecule has 5 rings (SSSR count). The molecule has 0 bridgehead atoms. The molecule has 212 valence electrons. The van der Waals surface area contributed by atoms with Crippen molar-refractivity contribution in [3.63, 3.8) is 0 Å². The lowest BCUT2D eigenvalue weighted by Gasteiger charge is -2.35. The Morgan fingerprint density at radius 1 is 1.12 bits per heavy atom. The molecular formula is C27H33F2N9O2. The Hall–Kier alpha value is -4.10. The molecule has 0 radical (unpaired) electrons. The highest BCUT2D eigenvalue weighted by molar-refractivity contribution is 5.85. The predicted octanol–water partition coefficient (Wildman–Crippen LogP) is 1.35. The summed E-state index contributed by atoms with van der Waals surface area (Å²) < 4.78 is 28.8. The normalized spacial score (nSPS) is 20.0. The Bertz CT molecular complexity index is 1380. The quantitative estimate of drug-likeness (QED) is 0.397. The Morgan fingerprint density at radius 2 is 1.82 bits per heavy atom. The van der Waals surface area contributed by atoms with Crippen LogP contribution in [0, 0.1) is 18.6 Å². The molecule has 0 unspecified atom stereocenters. The maximum absolute atomic E-state index is 13.6. The highest BCUT2D eigenvalue weighted by Gasteiger charge is 2.36. The molecule has 4 N–H and O–H groups in total. The number of piperazine rings is 1. The summed E-state index contributed by atoms with van der Waals surface area (Å²) in [6.45, 7) is 5.80. The molecular weight excluding hydrogens is 520 g/mol. The first-order chi connectivity index (χ1) is 19.2. The Morgan fingerprint density at radius 3 is 2.52 bits per heavy atom. The van der Waals surface area contributed by atoms with E-state index in [1.54, 1.807) is 28.9 Å². The molecule has 2 aliphatic rings. The number of carbonyl (C=O) groups is 1. The number of halogens is 2. The van der Waals surface area contributed by atoms with E-state index in [4.69, 9.17) is 5.73 Å². The van der Waals surface area contributed by atoms with Gasteiger partial charge in [0.1, 0.15) is 23.5 Å². The van der Waals surface area contributed by atoms with E-state index in [1.807, 2.05) is 17.9 Å². The molecule has 2 aliphatic heterocycles. The van der Waals surface area contributed by atoms with Gasteiger partial charge >= 0.3 is 0 Å².